The van der Waals surface area contributed by atoms with Gasteiger partial charge in [0.2, 0.25) is 70.9 Å². The van der Waals surface area contributed by atoms with E-state index in [2.05, 4.69) is 89.4 Å². The number of aliphatic hydroxyl groups excluding tert-OH is 1. The van der Waals surface area contributed by atoms with Gasteiger partial charge in [-0.3, -0.25) is 73.1 Å². The second kappa shape index (κ2) is 46.0. The highest BCUT2D eigenvalue weighted by atomic mass is 16.4. The number of fused-ring (bicyclic) bond motifs is 1. The maximum atomic E-state index is 15.0. The van der Waals surface area contributed by atoms with Crippen molar-refractivity contribution >= 4 is 106 Å². The second-order valence-corrected chi connectivity index (χ2v) is 25.1. The van der Waals surface area contributed by atoms with Crippen molar-refractivity contribution in [1.29, 1.82) is 10.8 Å². The number of carboxylic acid groups (broad SMARTS) is 1. The molecule has 2 aromatic carbocycles. The first-order chi connectivity index (χ1) is 50.9. The number of hydrogen-bond donors (Lipinski definition) is 26. The summed E-state index contributed by atoms with van der Waals surface area (Å²) in [6.07, 6.45) is 3.33. The number of nitrogens with two attached hydrogens (primary N) is 6. The monoisotopic (exact) mass is 1500 g/mol. The normalized spacial score (nSPS) is 14.0. The predicted octanol–water partition coefficient (Wildman–Crippen LogP) is -7.30. The number of carboxylic acids is 1. The van der Waals surface area contributed by atoms with Crippen molar-refractivity contribution in [2.45, 2.75) is 170 Å². The smallest absolute Gasteiger partial charge is 0.325 e. The summed E-state index contributed by atoms with van der Waals surface area (Å²) in [4.78, 5) is 200. The van der Waals surface area contributed by atoms with Crippen LogP contribution in [0.4, 0.5) is 4.79 Å². The largest absolute Gasteiger partial charge is 0.480 e. The SMILES string of the molecule is C[C@H](NC(=O)[C@H](C)NC(=O)[C@H](CCCNC(=N)N)NC(=O)[C@H](CO)NC(=O)[C@H](Cc1ccccc1)NC(=O)CNC(=O)[C@H](CCCNC(N)=O)NC(=O)[C@H](CCCNC(=N)N)NC(=O)[C@H](Cc1c[nH]c2ccccc12)NC(=O)[C@H](CCCCN)NC(=O)[C@H](CCC(N)=O)NC(=O)[C@@H](N)Cc1cnc[nH]1)C(=O)O. The Morgan fingerprint density at radius 1 is 0.486 bits per heavy atom. The Hall–Kier alpha value is -12.0. The Bertz CT molecular complexity index is 3670. The Labute approximate surface area is 615 Å². The quantitative estimate of drug-likeness (QED) is 0.0111. The van der Waals surface area contributed by atoms with Gasteiger partial charge in [0.25, 0.3) is 0 Å². The van der Waals surface area contributed by atoms with Crippen LogP contribution in [0.3, 0.4) is 0 Å². The average molecular weight is 1500 g/mol. The lowest BCUT2D eigenvalue weighted by molar-refractivity contribution is -0.141. The van der Waals surface area contributed by atoms with Crippen molar-refractivity contribution < 1.29 is 77.3 Å². The molecule has 41 nitrogen and oxygen atoms in total. The minimum atomic E-state index is -1.80. The van der Waals surface area contributed by atoms with Gasteiger partial charge in [0.1, 0.15) is 60.4 Å². The lowest BCUT2D eigenvalue weighted by Gasteiger charge is -2.28. The van der Waals surface area contributed by atoms with E-state index in [9.17, 15) is 72.5 Å². The van der Waals surface area contributed by atoms with E-state index in [1.807, 2.05) is 0 Å². The average Bonchev–Trinajstić information content (AvgIpc) is 1.65. The molecule has 4 aromatic rings. The van der Waals surface area contributed by atoms with Crippen LogP contribution in [0.25, 0.3) is 10.9 Å². The minimum absolute atomic E-state index is 0.00904. The number of amides is 14. The predicted molar refractivity (Wildman–Crippen MR) is 387 cm³/mol. The number of H-pyrrole nitrogens is 2. The number of unbranched alkanes of at least 4 members (excludes halogenated alkanes) is 1. The molecule has 0 saturated carbocycles. The number of hydrogen-bond acceptors (Lipinski definition) is 20. The zero-order valence-corrected chi connectivity index (χ0v) is 59.4. The lowest BCUT2D eigenvalue weighted by atomic mass is 10.0. The topological polar surface area (TPSA) is 696 Å². The van der Waals surface area contributed by atoms with Gasteiger partial charge >= 0.3 is 12.0 Å². The van der Waals surface area contributed by atoms with E-state index >= 15 is 4.79 Å². The molecule has 14 amide bonds. The van der Waals surface area contributed by atoms with Crippen LogP contribution < -0.4 is 109 Å². The van der Waals surface area contributed by atoms with Gasteiger partial charge in [-0.15, -0.1) is 0 Å². The van der Waals surface area contributed by atoms with E-state index in [1.54, 1.807) is 60.8 Å². The van der Waals surface area contributed by atoms with Crippen molar-refractivity contribution in [2.75, 3.05) is 39.3 Å². The minimum Gasteiger partial charge on any atom is -0.480 e. The van der Waals surface area contributed by atoms with Gasteiger partial charge in [0.05, 0.1) is 25.5 Å². The van der Waals surface area contributed by atoms with Gasteiger partial charge in [0, 0.05) is 74.3 Å². The van der Waals surface area contributed by atoms with E-state index in [4.69, 9.17) is 45.2 Å². The highest BCUT2D eigenvalue weighted by molar-refractivity contribution is 5.99. The maximum absolute atomic E-state index is 15.0. The molecule has 0 radical (unpaired) electrons. The molecule has 32 N–H and O–H groups in total. The number of carbonyl (C=O) groups excluding carboxylic acids is 13. The number of aromatic amines is 2. The third-order valence-corrected chi connectivity index (χ3v) is 16.4. The fourth-order valence-electron chi connectivity index (χ4n) is 10.6. The standard InChI is InChI=1S/C66H101N25O16/c1-35(53(95)83-36(2)63(105)106)82-56(98)45(19-10-24-76-64(70)71)89-62(104)50(33-92)91-60(102)48(27-37-13-4-3-5-14-37)84-52(94)32-80-55(97)43(18-12-26-78-66(74)107)86-57(99)46(20-11-25-77-65(72)73)88-61(103)49(28-38-30-79-42-16-7-6-15-40(38)42)90-58(100)44(17-8-9-23-67)87-59(101)47(21-22-51(69)93)85-54(96)41(68)29-39-31-75-34-81-39/h3-7,13-16,30-31,34-36,41,43-50,79,92H,8-12,17-29,32-33,67-68H2,1-2H3,(H2,69,93)(H,75,81)(H,80,97)(H,82,98)(H,83,95)(H,84,94)(H,85,96)(H,86,99)(H,87,101)(H,88,103)(H,89,104)(H,90,100)(H,91,102)(H,105,106)(H4,70,71,76)(H4,72,73,77)(H3,74,78,107)/t35-,36-,41-,43-,44-,45-,46-,47-,48-,49-,50-/m0/s1. The number of urea groups is 1. The number of guanidine groups is 2. The number of benzene rings is 2. The van der Waals surface area contributed by atoms with Gasteiger partial charge in [-0.2, -0.15) is 0 Å². The maximum Gasteiger partial charge on any atom is 0.325 e. The second-order valence-electron chi connectivity index (χ2n) is 25.1. The fraction of sp³-hybridized carbons (Fsp3) is 0.500. The first-order valence-corrected chi connectivity index (χ1v) is 34.5. The summed E-state index contributed by atoms with van der Waals surface area (Å²) in [6.45, 7) is 0.607. The van der Waals surface area contributed by atoms with E-state index in [-0.39, 0.29) is 110 Å². The molecule has 2 heterocycles. The van der Waals surface area contributed by atoms with Crippen molar-refractivity contribution in [3.63, 3.8) is 0 Å². The zero-order valence-electron chi connectivity index (χ0n) is 59.4. The summed E-state index contributed by atoms with van der Waals surface area (Å²) in [7, 11) is 0. The number of para-hydroxylation sites is 1. The van der Waals surface area contributed by atoms with Crippen LogP contribution in [0, 0.1) is 10.8 Å². The molecule has 0 fully saturated rings. The molecule has 0 aliphatic heterocycles. The molecule has 586 valence electrons. The van der Waals surface area contributed by atoms with Crippen LogP contribution in [-0.4, -0.2) is 226 Å². The molecule has 4 rings (SSSR count). The number of aromatic nitrogens is 3. The number of carbonyl (C=O) groups is 14. The number of rotatable bonds is 49. The van der Waals surface area contributed by atoms with Gasteiger partial charge in [0.15, 0.2) is 11.9 Å². The summed E-state index contributed by atoms with van der Waals surface area (Å²) < 4.78 is 0. The Morgan fingerprint density at radius 2 is 0.953 bits per heavy atom. The Kier molecular flexibility index (Phi) is 37.5. The number of nitrogens with zero attached hydrogens (tertiary/aromatic N) is 1. The molecule has 0 aliphatic carbocycles. The third-order valence-electron chi connectivity index (χ3n) is 16.4. The molecular weight excluding hydrogens is 1400 g/mol. The van der Waals surface area contributed by atoms with Gasteiger partial charge in [-0.25, -0.2) is 9.78 Å². The van der Waals surface area contributed by atoms with Gasteiger partial charge < -0.3 is 129 Å². The first-order valence-electron chi connectivity index (χ1n) is 34.5. The summed E-state index contributed by atoms with van der Waals surface area (Å²) >= 11 is 0. The molecular formula is C66H101N25O16. The van der Waals surface area contributed by atoms with Crippen molar-refractivity contribution in [3.8, 4) is 0 Å². The molecule has 0 saturated heterocycles. The highest BCUT2D eigenvalue weighted by Gasteiger charge is 2.36. The molecule has 11 atom stereocenters. The van der Waals surface area contributed by atoms with Crippen LogP contribution in [0.1, 0.15) is 101 Å². The number of aliphatic hydroxyl groups is 1. The van der Waals surface area contributed by atoms with Crippen molar-refractivity contribution in [1.82, 2.24) is 89.4 Å². The Balaban J connectivity index is 1.63. The molecule has 0 unspecified atom stereocenters. The molecule has 0 bridgehead atoms. The molecule has 107 heavy (non-hydrogen) atoms. The van der Waals surface area contributed by atoms with Gasteiger partial charge in [-0.1, -0.05) is 48.5 Å². The van der Waals surface area contributed by atoms with Crippen LogP contribution in [0.2, 0.25) is 0 Å². The van der Waals surface area contributed by atoms with Gasteiger partial charge in [-0.05, 0) is 102 Å². The lowest BCUT2D eigenvalue weighted by Crippen LogP contribution is -2.60. The number of imidazole rings is 1. The Morgan fingerprint density at radius 3 is 1.48 bits per heavy atom. The van der Waals surface area contributed by atoms with E-state index in [0.717, 1.165) is 0 Å². The van der Waals surface area contributed by atoms with Crippen LogP contribution in [0.15, 0.2) is 73.3 Å². The summed E-state index contributed by atoms with van der Waals surface area (Å²) in [5.74, 6) is -13.5. The summed E-state index contributed by atoms with van der Waals surface area (Å²) in [5, 5.41) is 70.6. The number of nitrogens with one attached hydrogen (secondary N) is 18. The van der Waals surface area contributed by atoms with Crippen LogP contribution in [-0.2, 0) is 81.6 Å². The first kappa shape index (κ1) is 87.4. The molecule has 41 heteroatoms. The molecule has 0 aliphatic rings. The summed E-state index contributed by atoms with van der Waals surface area (Å²) in [5.41, 5.74) is 35.9. The number of aliphatic carboxylic acids is 1. The van der Waals surface area contributed by atoms with Crippen LogP contribution >= 0.6 is 0 Å². The van der Waals surface area contributed by atoms with E-state index < -0.39 is 174 Å². The number of primary amides is 2. The van der Waals surface area contributed by atoms with E-state index in [0.29, 0.717) is 34.1 Å². The fourth-order valence-corrected chi connectivity index (χ4v) is 10.6. The molecule has 0 spiro atoms. The molecule has 2 aromatic heterocycles. The van der Waals surface area contributed by atoms with E-state index in [1.165, 1.54) is 26.4 Å². The zero-order chi connectivity index (χ0) is 79.1. The third kappa shape index (κ3) is 32.3. The van der Waals surface area contributed by atoms with Crippen molar-refractivity contribution in [3.05, 3.63) is 90.1 Å². The summed E-state index contributed by atoms with van der Waals surface area (Å²) in [6, 6.07) is -1.94. The van der Waals surface area contributed by atoms with Crippen LogP contribution in [0.5, 0.6) is 0 Å². The van der Waals surface area contributed by atoms with Crippen molar-refractivity contribution in [2.24, 2.45) is 34.4 Å². The highest BCUT2D eigenvalue weighted by Crippen LogP contribution is 2.20.